The Balaban J connectivity index is 2.93. The minimum atomic E-state index is 0.137. The summed E-state index contributed by atoms with van der Waals surface area (Å²) in [5.74, 6) is 0.767. The summed E-state index contributed by atoms with van der Waals surface area (Å²) >= 11 is 0. The monoisotopic (exact) mass is 234 g/mol. The van der Waals surface area contributed by atoms with Gasteiger partial charge in [-0.25, -0.2) is 0 Å². The van der Waals surface area contributed by atoms with E-state index in [4.69, 9.17) is 11.5 Å². The zero-order valence-corrected chi connectivity index (χ0v) is 10.2. The summed E-state index contributed by atoms with van der Waals surface area (Å²) < 4.78 is 0. The number of rotatable bonds is 5. The molecule has 0 aromatic carbocycles. The maximum atomic E-state index is 5.55. The second-order valence-electron chi connectivity index (χ2n) is 3.39. The minimum Gasteiger partial charge on any atom is -0.368 e. The Bertz CT molecular complexity index is 378. The van der Waals surface area contributed by atoms with Crippen LogP contribution in [0, 0.1) is 0 Å². The molecule has 0 radical (unpaired) electrons. The fourth-order valence-corrected chi connectivity index (χ4v) is 1.24. The Morgan fingerprint density at radius 1 is 0.941 bits per heavy atom. The Hall–Kier alpha value is -2.11. The number of allylic oxidation sites excluding steroid dienone is 2. The highest BCUT2D eigenvalue weighted by Crippen LogP contribution is 2.10. The van der Waals surface area contributed by atoms with Crippen molar-refractivity contribution >= 4 is 17.8 Å². The molecule has 0 atom stereocenters. The molecule has 0 unspecified atom stereocenters. The Morgan fingerprint density at radius 3 is 1.82 bits per heavy atom. The molecule has 0 saturated carbocycles. The summed E-state index contributed by atoms with van der Waals surface area (Å²) in [7, 11) is 0. The van der Waals surface area contributed by atoms with Gasteiger partial charge in [0.15, 0.2) is 0 Å². The number of nitrogens with two attached hydrogens (primary N) is 2. The van der Waals surface area contributed by atoms with Gasteiger partial charge < -0.3 is 16.4 Å². The summed E-state index contributed by atoms with van der Waals surface area (Å²) in [5.41, 5.74) is 11.1. The van der Waals surface area contributed by atoms with Crippen LogP contribution in [0.5, 0.6) is 0 Å². The zero-order valence-electron chi connectivity index (χ0n) is 10.2. The summed E-state index contributed by atoms with van der Waals surface area (Å²) in [6.45, 7) is 5.32. The first-order chi connectivity index (χ1) is 8.17. The van der Waals surface area contributed by atoms with Crippen molar-refractivity contribution in [1.29, 1.82) is 0 Å². The van der Waals surface area contributed by atoms with Crippen LogP contribution in [0.15, 0.2) is 24.3 Å². The molecule has 0 aliphatic rings. The van der Waals surface area contributed by atoms with E-state index in [1.807, 2.05) is 43.1 Å². The van der Waals surface area contributed by atoms with Crippen LogP contribution in [-0.2, 0) is 0 Å². The average molecular weight is 234 g/mol. The van der Waals surface area contributed by atoms with Gasteiger partial charge in [0, 0.05) is 13.1 Å². The van der Waals surface area contributed by atoms with Crippen LogP contribution in [0.3, 0.4) is 0 Å². The number of aromatic nitrogens is 3. The molecule has 0 bridgehead atoms. The molecule has 92 valence electrons. The van der Waals surface area contributed by atoms with E-state index in [2.05, 4.69) is 15.0 Å². The largest absolute Gasteiger partial charge is 0.368 e. The third-order valence-corrected chi connectivity index (χ3v) is 2.06. The molecule has 0 saturated heterocycles. The molecule has 0 fully saturated rings. The van der Waals surface area contributed by atoms with E-state index < -0.39 is 0 Å². The van der Waals surface area contributed by atoms with Crippen LogP contribution in [0.25, 0.3) is 0 Å². The van der Waals surface area contributed by atoms with E-state index in [9.17, 15) is 0 Å². The van der Waals surface area contributed by atoms with Gasteiger partial charge in [0.2, 0.25) is 17.8 Å². The number of anilines is 3. The van der Waals surface area contributed by atoms with Crippen molar-refractivity contribution in [1.82, 2.24) is 15.0 Å². The van der Waals surface area contributed by atoms with Crippen LogP contribution in [-0.4, -0.2) is 28.0 Å². The molecule has 0 amide bonds. The maximum absolute atomic E-state index is 5.55. The van der Waals surface area contributed by atoms with Gasteiger partial charge in [-0.3, -0.25) is 0 Å². The highest BCUT2D eigenvalue weighted by molar-refractivity contribution is 5.40. The van der Waals surface area contributed by atoms with Gasteiger partial charge in [-0.2, -0.15) is 15.0 Å². The lowest BCUT2D eigenvalue weighted by Crippen LogP contribution is -2.26. The van der Waals surface area contributed by atoms with E-state index in [0.717, 1.165) is 0 Å². The van der Waals surface area contributed by atoms with Crippen molar-refractivity contribution in [3.05, 3.63) is 24.3 Å². The highest BCUT2D eigenvalue weighted by Gasteiger charge is 2.08. The number of nitrogens with zero attached hydrogens (tertiary/aromatic N) is 4. The van der Waals surface area contributed by atoms with Crippen molar-refractivity contribution in [2.45, 2.75) is 13.8 Å². The van der Waals surface area contributed by atoms with Gasteiger partial charge in [0.25, 0.3) is 0 Å². The van der Waals surface area contributed by atoms with Crippen LogP contribution >= 0.6 is 0 Å². The summed E-state index contributed by atoms with van der Waals surface area (Å²) in [5, 5.41) is 0. The van der Waals surface area contributed by atoms with E-state index in [0.29, 0.717) is 19.0 Å². The molecule has 4 N–H and O–H groups in total. The van der Waals surface area contributed by atoms with E-state index in [1.165, 1.54) is 0 Å². The summed E-state index contributed by atoms with van der Waals surface area (Å²) in [4.78, 5) is 13.8. The Labute approximate surface area is 101 Å². The normalized spacial score (nSPS) is 11.4. The Kier molecular flexibility index (Phi) is 4.93. The van der Waals surface area contributed by atoms with Gasteiger partial charge in [0.1, 0.15) is 0 Å². The smallest absolute Gasteiger partial charge is 0.232 e. The molecule has 1 aromatic heterocycles. The summed E-state index contributed by atoms with van der Waals surface area (Å²) in [6, 6.07) is 0. The van der Waals surface area contributed by atoms with Crippen molar-refractivity contribution in [3.8, 4) is 0 Å². The SMILES string of the molecule is C/C=C\CN(C/C=C\C)c1nc(N)nc(N)n1. The predicted molar refractivity (Wildman–Crippen MR) is 70.5 cm³/mol. The Morgan fingerprint density at radius 2 is 1.41 bits per heavy atom. The third-order valence-electron chi connectivity index (χ3n) is 2.06. The fraction of sp³-hybridized carbons (Fsp3) is 0.364. The lowest BCUT2D eigenvalue weighted by atomic mass is 10.4. The molecule has 1 rings (SSSR count). The van der Waals surface area contributed by atoms with E-state index in [-0.39, 0.29) is 11.9 Å². The number of hydrogen-bond acceptors (Lipinski definition) is 6. The highest BCUT2D eigenvalue weighted by atomic mass is 15.3. The van der Waals surface area contributed by atoms with E-state index >= 15 is 0 Å². The second kappa shape index (κ2) is 6.47. The van der Waals surface area contributed by atoms with Gasteiger partial charge in [0.05, 0.1) is 0 Å². The number of hydrogen-bond donors (Lipinski definition) is 2. The van der Waals surface area contributed by atoms with Gasteiger partial charge in [-0.1, -0.05) is 24.3 Å². The average Bonchev–Trinajstić information content (AvgIpc) is 2.28. The van der Waals surface area contributed by atoms with Gasteiger partial charge in [-0.05, 0) is 13.8 Å². The standard InChI is InChI=1S/C11H18N6/c1-3-5-7-17(8-6-4-2)11-15-9(12)14-10(13)16-11/h3-6H,7-8H2,1-2H3,(H4,12,13,14,15,16)/b5-3-,6-4-. The first-order valence-electron chi connectivity index (χ1n) is 5.41. The molecule has 6 heteroatoms. The number of nitrogen functional groups attached to an aromatic ring is 2. The molecule has 1 heterocycles. The van der Waals surface area contributed by atoms with Crippen LogP contribution in [0.4, 0.5) is 17.8 Å². The first-order valence-corrected chi connectivity index (χ1v) is 5.41. The van der Waals surface area contributed by atoms with Crippen molar-refractivity contribution in [3.63, 3.8) is 0 Å². The van der Waals surface area contributed by atoms with E-state index in [1.54, 1.807) is 0 Å². The zero-order chi connectivity index (χ0) is 12.7. The van der Waals surface area contributed by atoms with Crippen molar-refractivity contribution in [2.75, 3.05) is 29.5 Å². The minimum absolute atomic E-state index is 0.137. The maximum Gasteiger partial charge on any atom is 0.232 e. The van der Waals surface area contributed by atoms with Gasteiger partial charge in [-0.15, -0.1) is 0 Å². The van der Waals surface area contributed by atoms with Crippen molar-refractivity contribution < 1.29 is 0 Å². The molecule has 17 heavy (non-hydrogen) atoms. The predicted octanol–water partition coefficient (Wildman–Crippen LogP) is 0.995. The molecule has 0 spiro atoms. The molecular weight excluding hydrogens is 216 g/mol. The van der Waals surface area contributed by atoms with Crippen molar-refractivity contribution in [2.24, 2.45) is 0 Å². The third kappa shape index (κ3) is 4.10. The van der Waals surface area contributed by atoms with Crippen LogP contribution < -0.4 is 16.4 Å². The second-order valence-corrected chi connectivity index (χ2v) is 3.39. The lowest BCUT2D eigenvalue weighted by molar-refractivity contribution is 0.878. The van der Waals surface area contributed by atoms with Gasteiger partial charge >= 0.3 is 0 Å². The quantitative estimate of drug-likeness (QED) is 0.738. The fourth-order valence-electron chi connectivity index (χ4n) is 1.24. The van der Waals surface area contributed by atoms with Crippen LogP contribution in [0.1, 0.15) is 13.8 Å². The molecule has 1 aromatic rings. The molecule has 0 aliphatic heterocycles. The molecule has 6 nitrogen and oxygen atoms in total. The first kappa shape index (κ1) is 13.0. The van der Waals surface area contributed by atoms with Crippen LogP contribution in [0.2, 0.25) is 0 Å². The summed E-state index contributed by atoms with van der Waals surface area (Å²) in [6.07, 6.45) is 7.96. The molecular formula is C11H18N6. The lowest BCUT2D eigenvalue weighted by Gasteiger charge is -2.19. The molecule has 0 aliphatic carbocycles. The topological polar surface area (TPSA) is 94.0 Å².